The summed E-state index contributed by atoms with van der Waals surface area (Å²) in [4.78, 5) is 42.5. The van der Waals surface area contributed by atoms with Gasteiger partial charge in [-0.25, -0.2) is 23.5 Å². The van der Waals surface area contributed by atoms with Crippen molar-refractivity contribution in [3.63, 3.8) is 0 Å². The highest BCUT2D eigenvalue weighted by atomic mass is 19.1. The van der Waals surface area contributed by atoms with E-state index in [2.05, 4.69) is 4.98 Å². The third-order valence-corrected chi connectivity index (χ3v) is 4.45. The topological polar surface area (TPSA) is 88.1 Å². The average molecular weight is 388 g/mol. The number of carbonyl (C=O) groups is 1. The Kier molecular flexibility index (Phi) is 5.17. The summed E-state index contributed by atoms with van der Waals surface area (Å²) in [7, 11) is 0. The number of hydrogen-bond donors (Lipinski definition) is 0. The molecule has 0 fully saturated rings. The second-order valence-electron chi connectivity index (χ2n) is 6.62. The monoisotopic (exact) mass is 388 g/mol. The molecule has 0 aliphatic heterocycles. The first-order chi connectivity index (χ1) is 13.3. The number of nitrogens with zero attached hydrogens (tertiary/aromatic N) is 4. The van der Waals surface area contributed by atoms with Crippen molar-refractivity contribution in [2.75, 3.05) is 6.61 Å². The van der Waals surface area contributed by atoms with Crippen LogP contribution in [0.3, 0.4) is 0 Å². The zero-order chi connectivity index (χ0) is 20.6. The molecule has 0 bridgehead atoms. The standard InChI is InChI=1S/C19H21FN4O4/c1-5-28-18(26)12(4)22-10-21-16-15(22)17(25)23(11(2)3)19(27)24(16)14-8-6-13(20)7-9-14/h6-12H,5H2,1-4H3. The average Bonchev–Trinajstić information content (AvgIpc) is 3.07. The normalized spacial score (nSPS) is 12.5. The summed E-state index contributed by atoms with van der Waals surface area (Å²) in [5.74, 6) is -0.969. The molecule has 0 N–H and O–H groups in total. The van der Waals surface area contributed by atoms with Crippen LogP contribution in [0.5, 0.6) is 0 Å². The zero-order valence-electron chi connectivity index (χ0n) is 16.0. The van der Waals surface area contributed by atoms with Crippen molar-refractivity contribution in [2.45, 2.75) is 39.8 Å². The molecule has 2 heterocycles. The van der Waals surface area contributed by atoms with Crippen LogP contribution in [-0.4, -0.2) is 31.3 Å². The van der Waals surface area contributed by atoms with Gasteiger partial charge in [0.15, 0.2) is 11.2 Å². The van der Waals surface area contributed by atoms with E-state index in [0.717, 1.165) is 4.57 Å². The lowest BCUT2D eigenvalue weighted by molar-refractivity contribution is -0.146. The highest BCUT2D eigenvalue weighted by molar-refractivity contribution is 5.79. The van der Waals surface area contributed by atoms with Crippen LogP contribution in [0, 0.1) is 5.82 Å². The van der Waals surface area contributed by atoms with Crippen LogP contribution in [0.15, 0.2) is 40.2 Å². The Morgan fingerprint density at radius 2 is 1.82 bits per heavy atom. The molecule has 8 nitrogen and oxygen atoms in total. The SMILES string of the molecule is CCOC(=O)C(C)n1cnc2c1c(=O)n(C(C)C)c(=O)n2-c1ccc(F)cc1. The van der Waals surface area contributed by atoms with E-state index in [-0.39, 0.29) is 17.8 Å². The Morgan fingerprint density at radius 1 is 1.18 bits per heavy atom. The Morgan fingerprint density at radius 3 is 2.39 bits per heavy atom. The second-order valence-corrected chi connectivity index (χ2v) is 6.62. The number of ether oxygens (including phenoxy) is 1. The van der Waals surface area contributed by atoms with Crippen LogP contribution < -0.4 is 11.2 Å². The molecule has 0 aliphatic carbocycles. The summed E-state index contributed by atoms with van der Waals surface area (Å²) >= 11 is 0. The highest BCUT2D eigenvalue weighted by Crippen LogP contribution is 2.18. The minimum Gasteiger partial charge on any atom is -0.464 e. The molecule has 28 heavy (non-hydrogen) atoms. The fourth-order valence-corrected chi connectivity index (χ4v) is 3.07. The van der Waals surface area contributed by atoms with Gasteiger partial charge in [-0.05, 0) is 52.0 Å². The number of carbonyl (C=O) groups excluding carboxylic acids is 1. The first-order valence-electron chi connectivity index (χ1n) is 8.94. The van der Waals surface area contributed by atoms with Crippen molar-refractivity contribution in [1.82, 2.24) is 18.7 Å². The molecule has 148 valence electrons. The Labute approximate surface area is 159 Å². The van der Waals surface area contributed by atoms with E-state index < -0.39 is 35.1 Å². The highest BCUT2D eigenvalue weighted by Gasteiger charge is 2.25. The fraction of sp³-hybridized carbons (Fsp3) is 0.368. The van der Waals surface area contributed by atoms with Crippen molar-refractivity contribution < 1.29 is 13.9 Å². The maximum Gasteiger partial charge on any atom is 0.337 e. The summed E-state index contributed by atoms with van der Waals surface area (Å²) < 4.78 is 22.1. The molecule has 0 spiro atoms. The predicted octanol–water partition coefficient (Wildman–Crippen LogP) is 2.19. The Hall–Kier alpha value is -3.23. The van der Waals surface area contributed by atoms with Crippen molar-refractivity contribution in [3.8, 4) is 5.69 Å². The minimum absolute atomic E-state index is 0.0923. The smallest absolute Gasteiger partial charge is 0.337 e. The number of hydrogen-bond acceptors (Lipinski definition) is 5. The molecular formula is C19H21FN4O4. The molecule has 1 aromatic carbocycles. The van der Waals surface area contributed by atoms with Gasteiger partial charge >= 0.3 is 11.7 Å². The lowest BCUT2D eigenvalue weighted by Gasteiger charge is -2.16. The van der Waals surface area contributed by atoms with E-state index in [4.69, 9.17) is 4.74 Å². The molecule has 3 aromatic rings. The van der Waals surface area contributed by atoms with Crippen molar-refractivity contribution in [3.05, 3.63) is 57.2 Å². The Balaban J connectivity index is 2.39. The molecule has 0 saturated heterocycles. The Bertz CT molecular complexity index is 1140. The van der Waals surface area contributed by atoms with Crippen LogP contribution in [0.25, 0.3) is 16.9 Å². The molecule has 0 saturated carbocycles. The van der Waals surface area contributed by atoms with Gasteiger partial charge in [-0.2, -0.15) is 0 Å². The van der Waals surface area contributed by atoms with Gasteiger partial charge in [-0.15, -0.1) is 0 Å². The largest absolute Gasteiger partial charge is 0.464 e. The lowest BCUT2D eigenvalue weighted by atomic mass is 10.3. The number of fused-ring (bicyclic) bond motifs is 1. The van der Waals surface area contributed by atoms with E-state index in [1.807, 2.05) is 0 Å². The van der Waals surface area contributed by atoms with Gasteiger partial charge in [-0.3, -0.25) is 9.36 Å². The molecule has 1 unspecified atom stereocenters. The molecule has 1 atom stereocenters. The van der Waals surface area contributed by atoms with Gasteiger partial charge < -0.3 is 9.30 Å². The second kappa shape index (κ2) is 7.41. The van der Waals surface area contributed by atoms with E-state index in [0.29, 0.717) is 5.69 Å². The summed E-state index contributed by atoms with van der Waals surface area (Å²) in [6, 6.07) is 4.06. The molecule has 0 amide bonds. The number of halogens is 1. The number of benzene rings is 1. The van der Waals surface area contributed by atoms with Gasteiger partial charge in [0.2, 0.25) is 0 Å². The number of esters is 1. The quantitative estimate of drug-likeness (QED) is 0.625. The lowest BCUT2D eigenvalue weighted by Crippen LogP contribution is -2.41. The van der Waals surface area contributed by atoms with Gasteiger partial charge in [0.05, 0.1) is 18.6 Å². The summed E-state index contributed by atoms with van der Waals surface area (Å²) in [5.41, 5.74) is -0.595. The van der Waals surface area contributed by atoms with E-state index in [9.17, 15) is 18.8 Å². The number of aromatic nitrogens is 4. The third kappa shape index (κ3) is 3.12. The van der Waals surface area contributed by atoms with Gasteiger partial charge in [0.1, 0.15) is 11.9 Å². The van der Waals surface area contributed by atoms with Crippen molar-refractivity contribution in [2.24, 2.45) is 0 Å². The van der Waals surface area contributed by atoms with Crippen LogP contribution in [0.1, 0.15) is 39.8 Å². The summed E-state index contributed by atoms with van der Waals surface area (Å²) in [6.07, 6.45) is 1.33. The van der Waals surface area contributed by atoms with Crippen LogP contribution in [0.4, 0.5) is 4.39 Å². The van der Waals surface area contributed by atoms with Crippen LogP contribution in [-0.2, 0) is 9.53 Å². The fourth-order valence-electron chi connectivity index (χ4n) is 3.07. The van der Waals surface area contributed by atoms with E-state index in [1.54, 1.807) is 27.7 Å². The number of rotatable bonds is 5. The first-order valence-corrected chi connectivity index (χ1v) is 8.94. The third-order valence-electron chi connectivity index (χ3n) is 4.45. The summed E-state index contributed by atoms with van der Waals surface area (Å²) in [5, 5.41) is 0. The maximum absolute atomic E-state index is 13.3. The van der Waals surface area contributed by atoms with Crippen LogP contribution >= 0.6 is 0 Å². The molecule has 2 aromatic heterocycles. The van der Waals surface area contributed by atoms with Gasteiger partial charge in [0.25, 0.3) is 5.56 Å². The van der Waals surface area contributed by atoms with Crippen molar-refractivity contribution in [1.29, 1.82) is 0 Å². The molecule has 3 rings (SSSR count). The van der Waals surface area contributed by atoms with Crippen molar-refractivity contribution >= 4 is 17.1 Å². The molecule has 0 aliphatic rings. The minimum atomic E-state index is -0.808. The van der Waals surface area contributed by atoms with E-state index >= 15 is 0 Å². The van der Waals surface area contributed by atoms with Crippen LogP contribution in [0.2, 0.25) is 0 Å². The molecule has 0 radical (unpaired) electrons. The first kappa shape index (κ1) is 19.5. The van der Waals surface area contributed by atoms with Gasteiger partial charge in [-0.1, -0.05) is 0 Å². The summed E-state index contributed by atoms with van der Waals surface area (Å²) in [6.45, 7) is 6.89. The predicted molar refractivity (Wildman–Crippen MR) is 101 cm³/mol. The van der Waals surface area contributed by atoms with E-state index in [1.165, 1.54) is 39.7 Å². The number of imidazole rings is 1. The molecular weight excluding hydrogens is 367 g/mol. The van der Waals surface area contributed by atoms with Gasteiger partial charge in [0, 0.05) is 6.04 Å². The molecule has 9 heteroatoms. The maximum atomic E-state index is 13.3. The zero-order valence-corrected chi connectivity index (χ0v) is 16.0.